The molecule has 0 saturated carbocycles. The van der Waals surface area contributed by atoms with E-state index >= 15 is 0 Å². The second-order valence-corrected chi connectivity index (χ2v) is 2.71. The van der Waals surface area contributed by atoms with Crippen LogP contribution < -0.4 is 4.90 Å². The summed E-state index contributed by atoms with van der Waals surface area (Å²) >= 11 is 0. The molecule has 0 aliphatic rings. The van der Waals surface area contributed by atoms with E-state index in [1.165, 1.54) is 0 Å². The van der Waals surface area contributed by atoms with E-state index in [9.17, 15) is 0 Å². The summed E-state index contributed by atoms with van der Waals surface area (Å²) < 4.78 is 0. The molecule has 64 valence electrons. The molecule has 13 heavy (non-hydrogen) atoms. The predicted molar refractivity (Wildman–Crippen MR) is 56.7 cm³/mol. The van der Waals surface area contributed by atoms with Gasteiger partial charge in [-0.15, -0.1) is 12.1 Å². The van der Waals surface area contributed by atoms with E-state index in [2.05, 4.69) is 11.6 Å². The van der Waals surface area contributed by atoms with Gasteiger partial charge in [-0.2, -0.15) is 0 Å². The molecule has 2 radical (unpaired) electrons. The van der Waals surface area contributed by atoms with Crippen LogP contribution in [0.4, 0.5) is 5.69 Å². The van der Waals surface area contributed by atoms with Crippen molar-refractivity contribution in [3.05, 3.63) is 48.9 Å². The van der Waals surface area contributed by atoms with E-state index in [0.717, 1.165) is 5.69 Å². The molecule has 0 aliphatic heterocycles. The third-order valence-electron chi connectivity index (χ3n) is 1.58. The Morgan fingerprint density at radius 1 is 1.54 bits per heavy atom. The number of rotatable bonds is 3. The molecule has 0 spiro atoms. The number of allylic oxidation sites excluding steroid dienone is 2. The Morgan fingerprint density at radius 2 is 2.15 bits per heavy atom. The highest BCUT2D eigenvalue weighted by molar-refractivity contribution is 6.23. The molecular formula is C10H11BN2. The third kappa shape index (κ3) is 3.15. The van der Waals surface area contributed by atoms with Crippen molar-refractivity contribution in [3.8, 4) is 0 Å². The number of pyridine rings is 1. The summed E-state index contributed by atoms with van der Waals surface area (Å²) in [6, 6.07) is 3.84. The quantitative estimate of drug-likeness (QED) is 0.507. The van der Waals surface area contributed by atoms with Gasteiger partial charge in [0.2, 0.25) is 0 Å². The molecule has 0 aromatic carbocycles. The molecule has 0 bridgehead atoms. The minimum absolute atomic E-state index is 0.543. The lowest BCUT2D eigenvalue weighted by Gasteiger charge is -2.13. The first-order valence-corrected chi connectivity index (χ1v) is 3.95. The van der Waals surface area contributed by atoms with E-state index < -0.39 is 0 Å². The summed E-state index contributed by atoms with van der Waals surface area (Å²) in [5.41, 5.74) is 1.61. The average Bonchev–Trinajstić information content (AvgIpc) is 2.15. The van der Waals surface area contributed by atoms with Gasteiger partial charge in [-0.25, -0.2) is 0 Å². The van der Waals surface area contributed by atoms with Gasteiger partial charge in [0, 0.05) is 31.3 Å². The largest absolute Gasteiger partial charge is 0.351 e. The monoisotopic (exact) mass is 170 g/mol. The van der Waals surface area contributed by atoms with Crippen molar-refractivity contribution in [3.63, 3.8) is 0 Å². The summed E-state index contributed by atoms with van der Waals surface area (Å²) in [7, 11) is 7.34. The summed E-state index contributed by atoms with van der Waals surface area (Å²) in [6.45, 7) is 3.57. The molecule has 3 heteroatoms. The van der Waals surface area contributed by atoms with E-state index in [-0.39, 0.29) is 0 Å². The van der Waals surface area contributed by atoms with Gasteiger partial charge in [0.15, 0.2) is 0 Å². The molecule has 0 N–H and O–H groups in total. The molecule has 0 amide bonds. The molecule has 1 aromatic rings. The topological polar surface area (TPSA) is 16.1 Å². The molecule has 0 unspecified atom stereocenters. The van der Waals surface area contributed by atoms with Crippen molar-refractivity contribution in [1.82, 2.24) is 4.98 Å². The normalized spacial score (nSPS) is 10.2. The Balaban J connectivity index is 2.69. The van der Waals surface area contributed by atoms with Crippen LogP contribution in [0.15, 0.2) is 48.9 Å². The maximum Gasteiger partial charge on any atom is 0.113 e. The van der Waals surface area contributed by atoms with Crippen LogP contribution in [0.3, 0.4) is 0 Å². The molecule has 1 rings (SSSR count). The van der Waals surface area contributed by atoms with Crippen LogP contribution in [0.5, 0.6) is 0 Å². The Labute approximate surface area is 80.0 Å². The molecule has 0 atom stereocenters. The number of anilines is 1. The Hall–Kier alpha value is -1.51. The highest BCUT2D eigenvalue weighted by Crippen LogP contribution is 2.09. The molecule has 0 fully saturated rings. The van der Waals surface area contributed by atoms with Crippen LogP contribution in [0, 0.1) is 0 Å². The lowest BCUT2D eigenvalue weighted by Crippen LogP contribution is -2.07. The number of nitrogens with zero attached hydrogens (tertiary/aromatic N) is 2. The van der Waals surface area contributed by atoms with Crippen LogP contribution in [0.25, 0.3) is 0 Å². The van der Waals surface area contributed by atoms with Crippen molar-refractivity contribution < 1.29 is 0 Å². The molecule has 1 heterocycles. The van der Waals surface area contributed by atoms with Gasteiger partial charge in [0.05, 0.1) is 0 Å². The zero-order valence-corrected chi connectivity index (χ0v) is 7.64. The Kier molecular flexibility index (Phi) is 3.32. The standard InChI is InChI=1S/C10H11BN2/c1-9(11)5-8-13(2)10-3-6-12-7-4-10/h3-8H,1H2,2H3/b8-5-. The van der Waals surface area contributed by atoms with E-state index in [4.69, 9.17) is 7.85 Å². The smallest absolute Gasteiger partial charge is 0.113 e. The molecule has 0 aliphatic carbocycles. The lowest BCUT2D eigenvalue weighted by molar-refractivity contribution is 1.18. The summed E-state index contributed by atoms with van der Waals surface area (Å²) in [5, 5.41) is 0. The second kappa shape index (κ2) is 4.50. The van der Waals surface area contributed by atoms with Crippen molar-refractivity contribution in [2.45, 2.75) is 0 Å². The predicted octanol–water partition coefficient (Wildman–Crippen LogP) is 1.71. The Morgan fingerprint density at radius 3 is 2.69 bits per heavy atom. The van der Waals surface area contributed by atoms with E-state index in [1.54, 1.807) is 18.5 Å². The van der Waals surface area contributed by atoms with Crippen LogP contribution in [0.1, 0.15) is 0 Å². The van der Waals surface area contributed by atoms with Gasteiger partial charge in [-0.3, -0.25) is 4.98 Å². The number of hydrogen-bond donors (Lipinski definition) is 0. The van der Waals surface area contributed by atoms with Crippen molar-refractivity contribution in [2.24, 2.45) is 0 Å². The summed E-state index contributed by atoms with van der Waals surface area (Å²) in [6.07, 6.45) is 7.10. The van der Waals surface area contributed by atoms with Crippen molar-refractivity contribution >= 4 is 13.5 Å². The third-order valence-corrected chi connectivity index (χ3v) is 1.58. The highest BCUT2D eigenvalue weighted by Gasteiger charge is 1.93. The number of hydrogen-bond acceptors (Lipinski definition) is 2. The Bertz CT molecular complexity index is 306. The molecular weight excluding hydrogens is 159 g/mol. The van der Waals surface area contributed by atoms with Crippen LogP contribution >= 0.6 is 0 Å². The van der Waals surface area contributed by atoms with Gasteiger partial charge < -0.3 is 4.90 Å². The lowest BCUT2D eigenvalue weighted by atomic mass is 9.98. The van der Waals surface area contributed by atoms with Crippen LogP contribution in [-0.2, 0) is 0 Å². The van der Waals surface area contributed by atoms with Gasteiger partial charge in [0.25, 0.3) is 0 Å². The minimum atomic E-state index is 0.543. The summed E-state index contributed by atoms with van der Waals surface area (Å²) in [4.78, 5) is 5.87. The van der Waals surface area contributed by atoms with Gasteiger partial charge in [0.1, 0.15) is 7.85 Å². The molecule has 2 nitrogen and oxygen atoms in total. The van der Waals surface area contributed by atoms with Crippen LogP contribution in [0.2, 0.25) is 0 Å². The van der Waals surface area contributed by atoms with E-state index in [0.29, 0.717) is 5.47 Å². The fraction of sp³-hybridized carbons (Fsp3) is 0.100. The SMILES string of the molecule is [B]C(=C)/C=C\N(C)c1ccncc1. The second-order valence-electron chi connectivity index (χ2n) is 2.71. The maximum absolute atomic E-state index is 5.40. The molecule has 1 aromatic heterocycles. The highest BCUT2D eigenvalue weighted by atomic mass is 15.1. The molecule has 0 saturated heterocycles. The van der Waals surface area contributed by atoms with Gasteiger partial charge in [-0.05, 0) is 12.1 Å². The fourth-order valence-electron chi connectivity index (χ4n) is 0.873. The maximum atomic E-state index is 5.40. The van der Waals surface area contributed by atoms with E-state index in [1.807, 2.05) is 30.3 Å². The first-order valence-electron chi connectivity index (χ1n) is 3.95. The zero-order valence-electron chi connectivity index (χ0n) is 7.64. The minimum Gasteiger partial charge on any atom is -0.351 e. The van der Waals surface area contributed by atoms with Gasteiger partial charge >= 0.3 is 0 Å². The average molecular weight is 170 g/mol. The van der Waals surface area contributed by atoms with Crippen molar-refractivity contribution in [2.75, 3.05) is 11.9 Å². The van der Waals surface area contributed by atoms with Gasteiger partial charge in [-0.1, -0.05) is 6.08 Å². The first-order chi connectivity index (χ1) is 6.20. The zero-order chi connectivity index (χ0) is 9.68. The van der Waals surface area contributed by atoms with Crippen molar-refractivity contribution in [1.29, 1.82) is 0 Å². The summed E-state index contributed by atoms with van der Waals surface area (Å²) in [5.74, 6) is 0. The fourth-order valence-corrected chi connectivity index (χ4v) is 0.873. The van der Waals surface area contributed by atoms with Crippen LogP contribution in [-0.4, -0.2) is 19.9 Å². The number of aromatic nitrogens is 1. The first kappa shape index (κ1) is 9.58.